The highest BCUT2D eigenvalue weighted by Crippen LogP contribution is 2.32. The first-order chi connectivity index (χ1) is 8.01. The van der Waals surface area contributed by atoms with Gasteiger partial charge in [-0.15, -0.1) is 0 Å². The fourth-order valence-electron chi connectivity index (χ4n) is 2.72. The Bertz CT molecular complexity index is 363. The molecule has 0 radical (unpaired) electrons. The van der Waals surface area contributed by atoms with Crippen molar-refractivity contribution in [1.29, 1.82) is 0 Å². The van der Waals surface area contributed by atoms with Crippen molar-refractivity contribution in [2.75, 3.05) is 13.1 Å². The Kier molecular flexibility index (Phi) is 3.43. The third kappa shape index (κ3) is 2.47. The predicted molar refractivity (Wildman–Crippen MR) is 71.4 cm³/mol. The lowest BCUT2D eigenvalue weighted by molar-refractivity contribution is 0.180. The average molecular weight is 233 g/mol. The molecule has 1 fully saturated rings. The molecule has 1 aliphatic heterocycles. The van der Waals surface area contributed by atoms with Gasteiger partial charge in [0.2, 0.25) is 0 Å². The van der Waals surface area contributed by atoms with Crippen LogP contribution in [0.4, 0.5) is 0 Å². The van der Waals surface area contributed by atoms with Gasteiger partial charge >= 0.3 is 0 Å². The van der Waals surface area contributed by atoms with E-state index >= 15 is 0 Å². The van der Waals surface area contributed by atoms with Gasteiger partial charge in [-0.05, 0) is 50.6 Å². The van der Waals surface area contributed by atoms with Crippen LogP contribution in [-0.4, -0.2) is 29.1 Å². The minimum Gasteiger partial charge on any atom is -0.508 e. The van der Waals surface area contributed by atoms with Crippen LogP contribution in [0.5, 0.6) is 5.75 Å². The molecule has 1 N–H and O–H groups in total. The normalized spacial score (nSPS) is 19.5. The lowest BCUT2D eigenvalue weighted by atomic mass is 9.78. The zero-order valence-electron chi connectivity index (χ0n) is 11.1. The molecule has 2 heteroatoms. The quantitative estimate of drug-likeness (QED) is 0.867. The largest absolute Gasteiger partial charge is 0.508 e. The van der Waals surface area contributed by atoms with E-state index in [1.165, 1.54) is 31.5 Å². The maximum atomic E-state index is 9.36. The lowest BCUT2D eigenvalue weighted by Gasteiger charge is -2.38. The van der Waals surface area contributed by atoms with E-state index in [1.54, 1.807) is 12.1 Å². The van der Waals surface area contributed by atoms with Gasteiger partial charge in [0, 0.05) is 11.5 Å². The number of nitrogens with zero attached hydrogens (tertiary/aromatic N) is 1. The van der Waals surface area contributed by atoms with Gasteiger partial charge in [-0.25, -0.2) is 0 Å². The van der Waals surface area contributed by atoms with Gasteiger partial charge in [0.05, 0.1) is 0 Å². The molecule has 1 aromatic carbocycles. The maximum absolute atomic E-state index is 9.36. The second kappa shape index (κ2) is 4.69. The number of rotatable bonds is 3. The monoisotopic (exact) mass is 233 g/mol. The van der Waals surface area contributed by atoms with E-state index in [4.69, 9.17) is 0 Å². The van der Waals surface area contributed by atoms with E-state index in [9.17, 15) is 5.11 Å². The molecule has 0 aliphatic carbocycles. The summed E-state index contributed by atoms with van der Waals surface area (Å²) < 4.78 is 0. The molecular weight excluding hydrogens is 210 g/mol. The Morgan fingerprint density at radius 1 is 1.12 bits per heavy atom. The summed E-state index contributed by atoms with van der Waals surface area (Å²) in [5.74, 6) is 0.346. The summed E-state index contributed by atoms with van der Waals surface area (Å²) >= 11 is 0. The van der Waals surface area contributed by atoms with Crippen LogP contribution in [0.3, 0.4) is 0 Å². The van der Waals surface area contributed by atoms with Gasteiger partial charge in [0.25, 0.3) is 0 Å². The van der Waals surface area contributed by atoms with Gasteiger partial charge in [0.15, 0.2) is 0 Å². The molecule has 1 aliphatic rings. The molecule has 1 aromatic rings. The Morgan fingerprint density at radius 2 is 1.65 bits per heavy atom. The van der Waals surface area contributed by atoms with Crippen molar-refractivity contribution in [3.63, 3.8) is 0 Å². The molecule has 1 unspecified atom stereocenters. The molecule has 94 valence electrons. The van der Waals surface area contributed by atoms with E-state index in [0.717, 1.165) is 0 Å². The predicted octanol–water partition coefficient (Wildman–Crippen LogP) is 3.15. The van der Waals surface area contributed by atoms with Crippen molar-refractivity contribution < 1.29 is 5.11 Å². The van der Waals surface area contributed by atoms with Gasteiger partial charge in [-0.1, -0.05) is 26.0 Å². The summed E-state index contributed by atoms with van der Waals surface area (Å²) in [6.07, 6.45) is 2.66. The number of phenolic OH excluding ortho intramolecular Hbond substituents is 1. The Labute approximate surface area is 104 Å². The first kappa shape index (κ1) is 12.4. The van der Waals surface area contributed by atoms with Crippen molar-refractivity contribution in [1.82, 2.24) is 4.90 Å². The minimum atomic E-state index is 0.123. The van der Waals surface area contributed by atoms with Gasteiger partial charge in [-0.2, -0.15) is 0 Å². The molecule has 0 bridgehead atoms. The van der Waals surface area contributed by atoms with Crippen molar-refractivity contribution in [2.24, 2.45) is 0 Å². The molecule has 2 rings (SSSR count). The highest BCUT2D eigenvalue weighted by Gasteiger charge is 2.33. The van der Waals surface area contributed by atoms with E-state index < -0.39 is 0 Å². The van der Waals surface area contributed by atoms with Crippen molar-refractivity contribution in [2.45, 2.75) is 45.1 Å². The molecule has 1 saturated heterocycles. The fraction of sp³-hybridized carbons (Fsp3) is 0.600. The molecule has 17 heavy (non-hydrogen) atoms. The fourth-order valence-corrected chi connectivity index (χ4v) is 2.72. The van der Waals surface area contributed by atoms with E-state index in [1.807, 2.05) is 12.1 Å². The number of aromatic hydroxyl groups is 1. The molecule has 0 spiro atoms. The van der Waals surface area contributed by atoms with Crippen molar-refractivity contribution >= 4 is 0 Å². The van der Waals surface area contributed by atoms with Crippen LogP contribution < -0.4 is 0 Å². The molecule has 0 aromatic heterocycles. The van der Waals surface area contributed by atoms with Crippen LogP contribution in [0.2, 0.25) is 0 Å². The summed E-state index contributed by atoms with van der Waals surface area (Å²) in [6.45, 7) is 9.36. The highest BCUT2D eigenvalue weighted by molar-refractivity contribution is 5.31. The second-order valence-corrected chi connectivity index (χ2v) is 5.69. The Balaban J connectivity index is 2.19. The average Bonchev–Trinajstić information content (AvgIpc) is 2.82. The summed E-state index contributed by atoms with van der Waals surface area (Å²) in [4.78, 5) is 2.58. The number of hydrogen-bond donors (Lipinski definition) is 1. The topological polar surface area (TPSA) is 23.5 Å². The van der Waals surface area contributed by atoms with E-state index in [-0.39, 0.29) is 5.41 Å². The molecule has 2 nitrogen and oxygen atoms in total. The first-order valence-corrected chi connectivity index (χ1v) is 6.55. The molecule has 0 saturated carbocycles. The van der Waals surface area contributed by atoms with Crippen molar-refractivity contribution in [3.8, 4) is 5.75 Å². The summed E-state index contributed by atoms with van der Waals surface area (Å²) in [5.41, 5.74) is 1.42. The highest BCUT2D eigenvalue weighted by atomic mass is 16.3. The van der Waals surface area contributed by atoms with Crippen LogP contribution in [0.15, 0.2) is 24.3 Å². The van der Waals surface area contributed by atoms with Gasteiger partial charge < -0.3 is 5.11 Å². The van der Waals surface area contributed by atoms with Crippen LogP contribution >= 0.6 is 0 Å². The van der Waals surface area contributed by atoms with Crippen LogP contribution in [0.25, 0.3) is 0 Å². The number of hydrogen-bond acceptors (Lipinski definition) is 2. The van der Waals surface area contributed by atoms with Crippen molar-refractivity contribution in [3.05, 3.63) is 29.8 Å². The summed E-state index contributed by atoms with van der Waals surface area (Å²) in [7, 11) is 0. The van der Waals surface area contributed by atoms with Crippen LogP contribution in [0, 0.1) is 0 Å². The minimum absolute atomic E-state index is 0.123. The molecule has 0 amide bonds. The lowest BCUT2D eigenvalue weighted by Crippen LogP contribution is -2.44. The Hall–Kier alpha value is -1.02. The van der Waals surface area contributed by atoms with Crippen LogP contribution in [-0.2, 0) is 5.41 Å². The van der Waals surface area contributed by atoms with Gasteiger partial charge in [0.1, 0.15) is 5.75 Å². The SMILES string of the molecule is CC(N1CCCC1)C(C)(C)c1ccc(O)cc1. The summed E-state index contributed by atoms with van der Waals surface area (Å²) in [5, 5.41) is 9.36. The molecule has 1 heterocycles. The van der Waals surface area contributed by atoms with Crippen LogP contribution in [0.1, 0.15) is 39.2 Å². The number of phenols is 1. The molecule has 1 atom stereocenters. The zero-order chi connectivity index (χ0) is 12.5. The van der Waals surface area contributed by atoms with E-state index in [0.29, 0.717) is 11.8 Å². The second-order valence-electron chi connectivity index (χ2n) is 5.69. The maximum Gasteiger partial charge on any atom is 0.115 e. The third-order valence-corrected chi connectivity index (χ3v) is 4.34. The van der Waals surface area contributed by atoms with Gasteiger partial charge in [-0.3, -0.25) is 4.90 Å². The number of likely N-dealkylation sites (tertiary alicyclic amines) is 1. The third-order valence-electron chi connectivity index (χ3n) is 4.34. The summed E-state index contributed by atoms with van der Waals surface area (Å²) in [6, 6.07) is 8.19. The molecular formula is C15H23NO. The first-order valence-electron chi connectivity index (χ1n) is 6.55. The number of benzene rings is 1. The zero-order valence-corrected chi connectivity index (χ0v) is 11.1. The van der Waals surface area contributed by atoms with E-state index in [2.05, 4.69) is 25.7 Å². The smallest absolute Gasteiger partial charge is 0.115 e. The Morgan fingerprint density at radius 3 is 2.18 bits per heavy atom. The standard InChI is InChI=1S/C15H23NO/c1-12(16-10-4-5-11-16)15(2,3)13-6-8-14(17)9-7-13/h6-9,12,17H,4-5,10-11H2,1-3H3.